The normalized spacial score (nSPS) is 10.8. The lowest BCUT2D eigenvalue weighted by Crippen LogP contribution is -2.38. The van der Waals surface area contributed by atoms with Gasteiger partial charge in [-0.3, -0.25) is 33.6 Å². The third-order valence-electron chi connectivity index (χ3n) is 18.2. The molecule has 0 aliphatic heterocycles. The zero-order valence-corrected chi connectivity index (χ0v) is 82.2. The summed E-state index contributed by atoms with van der Waals surface area (Å²) >= 11 is 19.9. The number of hydrogen-bond acceptors (Lipinski definition) is 13. The van der Waals surface area contributed by atoms with E-state index in [-0.39, 0.29) is 127 Å². The Labute approximate surface area is 770 Å². The first kappa shape index (κ1) is 111. The van der Waals surface area contributed by atoms with Crippen molar-refractivity contribution in [2.24, 2.45) is 27.1 Å². The molecule has 6 aromatic carbocycles. The summed E-state index contributed by atoms with van der Waals surface area (Å²) in [7, 11) is 0. The number of carboxylic acid groups (broad SMARTS) is 1. The van der Waals surface area contributed by atoms with E-state index in [9.17, 15) is 67.4 Å². The van der Waals surface area contributed by atoms with Crippen LogP contribution in [0, 0.1) is 27.1 Å². The molecule has 122 heavy (non-hydrogen) atoms. The van der Waals surface area contributed by atoms with Gasteiger partial charge in [0.15, 0.2) is 34.7 Å². The molecule has 0 aliphatic rings. The van der Waals surface area contributed by atoms with E-state index < -0.39 is 22.8 Å². The number of carbonyl (C=O) groups is 13. The number of benzene rings is 6. The van der Waals surface area contributed by atoms with Crippen molar-refractivity contribution in [3.8, 4) is 0 Å². The van der Waals surface area contributed by atoms with Crippen molar-refractivity contribution < 1.29 is 67.4 Å². The Morgan fingerprint density at radius 1 is 0.279 bits per heavy atom. The second-order valence-electron chi connectivity index (χ2n) is 31.8. The van der Waals surface area contributed by atoms with E-state index in [0.29, 0.717) is 72.6 Å². The zero-order valence-electron chi connectivity index (χ0n) is 72.7. The lowest BCUT2D eigenvalue weighted by molar-refractivity contribution is -0.152. The van der Waals surface area contributed by atoms with Crippen LogP contribution in [-0.4, -0.2) is 121 Å². The summed E-state index contributed by atoms with van der Waals surface area (Å²) in [5, 5.41) is 40.6. The van der Waals surface area contributed by atoms with Gasteiger partial charge in [0.1, 0.15) is 0 Å². The molecule has 13 N–H and O–H groups in total. The van der Waals surface area contributed by atoms with E-state index in [4.69, 9.17) is 0 Å². The number of rotatable bonds is 37. The van der Waals surface area contributed by atoms with Gasteiger partial charge in [-0.2, -0.15) is 0 Å². The first-order chi connectivity index (χ1) is 57.2. The highest BCUT2D eigenvalue weighted by molar-refractivity contribution is 9.11. The smallest absolute Gasteiger partial charge is 0.319 e. The monoisotopic (exact) mass is 2070 g/mol. The fourth-order valence-electron chi connectivity index (χ4n) is 11.8. The van der Waals surface area contributed by atoms with Gasteiger partial charge in [-0.05, 0) is 200 Å². The number of hydrogen-bond donors (Lipinski definition) is 13. The molecule has 0 atom stereocenters. The lowest BCUT2D eigenvalue weighted by Gasteiger charge is -2.28. The lowest BCUT2D eigenvalue weighted by atomic mass is 9.77. The number of aliphatic carboxylic acids is 1. The Morgan fingerprint density at radius 2 is 0.475 bits per heavy atom. The van der Waals surface area contributed by atoms with Gasteiger partial charge in [0.05, 0.1) is 44.7 Å². The van der Waals surface area contributed by atoms with Crippen LogP contribution in [0.4, 0.5) is 62.9 Å². The molecule has 0 spiro atoms. The van der Waals surface area contributed by atoms with Crippen molar-refractivity contribution in [1.29, 1.82) is 0 Å². The number of anilines is 6. The summed E-state index contributed by atoms with van der Waals surface area (Å²) in [6.45, 7) is 29.7. The highest BCUT2D eigenvalue weighted by atomic mass is 79.9. The molecule has 0 unspecified atom stereocenters. The van der Waals surface area contributed by atoms with E-state index >= 15 is 0 Å². The largest absolute Gasteiger partial charge is 0.481 e. The number of amides is 12. The molecule has 6 rings (SSSR count). The van der Waals surface area contributed by atoms with E-state index in [0.717, 1.165) is 78.2 Å². The summed E-state index contributed by atoms with van der Waals surface area (Å²) < 4.78 is 5.62. The fourth-order valence-corrected chi connectivity index (χ4v) is 13.3. The van der Waals surface area contributed by atoms with Gasteiger partial charge in [-0.1, -0.05) is 225 Å². The van der Waals surface area contributed by atoms with Crippen molar-refractivity contribution in [3.05, 3.63) is 172 Å². The molecule has 0 saturated carbocycles. The van der Waals surface area contributed by atoms with Crippen LogP contribution in [0.1, 0.15) is 200 Å². The second kappa shape index (κ2) is 59.2. The maximum absolute atomic E-state index is 12.2. The van der Waals surface area contributed by atoms with Gasteiger partial charge < -0.3 is 68.9 Å². The summed E-state index contributed by atoms with van der Waals surface area (Å²) in [5.41, 5.74) is 2.58. The predicted octanol–water partition coefficient (Wildman–Crippen LogP) is 23.0. The maximum Gasteiger partial charge on any atom is 0.319 e. The number of carbonyl (C=O) groups excluding carboxylic acids is 12. The molecule has 0 aromatic heterocycles. The first-order valence-corrected chi connectivity index (χ1v) is 45.2. The molecule has 12 amide bonds. The average Bonchev–Trinajstić information content (AvgIpc) is 0.844. The van der Waals surface area contributed by atoms with Crippen molar-refractivity contribution in [3.63, 3.8) is 0 Å². The summed E-state index contributed by atoms with van der Waals surface area (Å²) in [6, 6.07) is 40.9. The Kier molecular flexibility index (Phi) is 54.0. The average molecular weight is 2080 g/mol. The summed E-state index contributed by atoms with van der Waals surface area (Å²) in [4.78, 5) is 152. The van der Waals surface area contributed by atoms with Crippen molar-refractivity contribution in [2.45, 2.75) is 200 Å². The van der Waals surface area contributed by atoms with Gasteiger partial charge in [0, 0.05) is 98.5 Å². The minimum Gasteiger partial charge on any atom is -0.481 e. The number of ketones is 6. The SMILES string of the molecule is CC(C)(C)C(=O)CNC(=O)Nc1ccc(Br)cc1.CC(C)(C)CC(=O)CNC(=O)Nc1ccc(Br)cc1.CCC(=O)CNC(=O)Nc1ccc(Br)cc1.CCC(CC)(CC(=O)CNC(=O)Nc1ccc(Br)cc1)C(=O)O.CCCC(C)(CCC)CC(=O)CNC(=O)Nc1ccc(Br)cc1.CCCC(C)(CCC)CC(=O)CNC(=O)Nc1ccc(Br)cc1. The minimum atomic E-state index is -1.05. The number of Topliss-reactive ketones (excluding diaryl/α,β-unsaturated/α-hetero) is 6. The Hall–Kier alpha value is -8.69. The van der Waals surface area contributed by atoms with Crippen molar-refractivity contribution in [2.75, 3.05) is 71.2 Å². The maximum atomic E-state index is 12.2. The third-order valence-corrected chi connectivity index (χ3v) is 21.4. The van der Waals surface area contributed by atoms with Gasteiger partial charge >= 0.3 is 42.2 Å². The van der Waals surface area contributed by atoms with E-state index in [1.54, 1.807) is 106 Å². The fraction of sp³-hybridized carbons (Fsp3) is 0.456. The molecule has 0 radical (unpaired) electrons. The minimum absolute atomic E-state index is 0.00551. The van der Waals surface area contributed by atoms with E-state index in [2.05, 4.69) is 201 Å². The number of urea groups is 6. The van der Waals surface area contributed by atoms with Crippen LogP contribution in [0.15, 0.2) is 172 Å². The topological polar surface area (TPSA) is 386 Å². The van der Waals surface area contributed by atoms with E-state index in [1.165, 1.54) is 0 Å². The van der Waals surface area contributed by atoms with Crippen LogP contribution in [0.2, 0.25) is 0 Å². The molecular weight excluding hydrogens is 1950 g/mol. The molecule has 32 heteroatoms. The highest BCUT2D eigenvalue weighted by Crippen LogP contribution is 2.35. The molecular formula is C90H124Br6N12O14. The molecule has 0 fully saturated rings. The van der Waals surface area contributed by atoms with Crippen LogP contribution in [0.25, 0.3) is 0 Å². The van der Waals surface area contributed by atoms with Crippen LogP contribution in [0.3, 0.4) is 0 Å². The van der Waals surface area contributed by atoms with Gasteiger partial charge in [0.2, 0.25) is 0 Å². The molecule has 0 bridgehead atoms. The summed E-state index contributed by atoms with van der Waals surface area (Å²) in [6.07, 6.45) is 11.0. The predicted molar refractivity (Wildman–Crippen MR) is 511 cm³/mol. The Bertz CT molecular complexity index is 4150. The quantitative estimate of drug-likeness (QED) is 0.0172. The third kappa shape index (κ3) is 52.1. The van der Waals surface area contributed by atoms with Crippen LogP contribution in [-0.2, 0) is 33.6 Å². The number of nitrogens with one attached hydrogen (secondary N) is 12. The van der Waals surface area contributed by atoms with Gasteiger partial charge in [-0.15, -0.1) is 0 Å². The highest BCUT2D eigenvalue weighted by Gasteiger charge is 2.37. The number of carboxylic acids is 1. The molecule has 0 saturated heterocycles. The second-order valence-corrected chi connectivity index (χ2v) is 37.3. The molecule has 0 heterocycles. The zero-order chi connectivity index (χ0) is 92.2. The van der Waals surface area contributed by atoms with Crippen LogP contribution < -0.4 is 63.8 Å². The van der Waals surface area contributed by atoms with E-state index in [1.807, 2.05) is 102 Å². The van der Waals surface area contributed by atoms with Crippen molar-refractivity contribution in [1.82, 2.24) is 31.9 Å². The molecule has 26 nitrogen and oxygen atoms in total. The molecule has 670 valence electrons. The number of halogens is 6. The summed E-state index contributed by atoms with van der Waals surface area (Å²) in [5.74, 6) is -1.09. The van der Waals surface area contributed by atoms with Crippen LogP contribution in [0.5, 0.6) is 0 Å². The first-order valence-electron chi connectivity index (χ1n) is 40.4. The van der Waals surface area contributed by atoms with Gasteiger partial charge in [-0.25, -0.2) is 28.8 Å². The molecule has 0 aliphatic carbocycles. The van der Waals surface area contributed by atoms with Crippen LogP contribution >= 0.6 is 95.6 Å². The van der Waals surface area contributed by atoms with Gasteiger partial charge in [0.25, 0.3) is 0 Å². The Balaban J connectivity index is 0.000000735. The molecule has 6 aromatic rings. The van der Waals surface area contributed by atoms with Crippen molar-refractivity contribution >= 4 is 207 Å². The standard InChI is InChI=1S/2C18H27BrN2O2.C16H21BrN2O4.C14H19BrN2O2.C13H17BrN2O2.C11H13BrN2O2/c2*1-4-10-18(3,11-5-2)12-16(22)13-20-17(23)21-15-8-6-14(19)7-9-15;1-3-16(4-2,14(21)22)9-13(20)10-18-15(23)19-12-7-5-11(17)6-8-12;1-14(2,3)8-12(18)9-16-13(19)17-11-6-4-10(15)5-7-11;1-13(2,3)11(17)8-15-12(18)16-10-6-4-9(14)5-7-10;1-2-10(15)7-13-11(16)14-9-5-3-8(12)4-6-9/h2*6-9H,4-5,10-13H2,1-3H3,(H2,20,21,23);5-8H,3-4,9-10H2,1-2H3,(H,21,22)(H2,18,19,23);4-7H,8-9H2,1-3H3,(H2,16,17,19);4-7H,8H2,1-3H3,(H2,15,16,18);3-6H,2,7H2,1H3,(H2,13,14,16). The Morgan fingerprint density at radius 3 is 0.656 bits per heavy atom.